The van der Waals surface area contributed by atoms with Crippen LogP contribution in [0.1, 0.15) is 5.56 Å². The smallest absolute Gasteiger partial charge is 0.183 e. The van der Waals surface area contributed by atoms with E-state index in [-0.39, 0.29) is 5.02 Å². The van der Waals surface area contributed by atoms with Gasteiger partial charge in [0.1, 0.15) is 5.82 Å². The summed E-state index contributed by atoms with van der Waals surface area (Å²) in [6.45, 7) is 1.95. The molecule has 2 aromatic heterocycles. The number of fused-ring (bicyclic) bond motifs is 1. The van der Waals surface area contributed by atoms with Crippen LogP contribution in [0.2, 0.25) is 5.02 Å². The van der Waals surface area contributed by atoms with Crippen molar-refractivity contribution in [3.05, 3.63) is 51.6 Å². The van der Waals surface area contributed by atoms with Gasteiger partial charge >= 0.3 is 0 Å². The van der Waals surface area contributed by atoms with Crippen LogP contribution in [-0.4, -0.2) is 14.5 Å². The van der Waals surface area contributed by atoms with Gasteiger partial charge in [-0.2, -0.15) is 0 Å². The van der Waals surface area contributed by atoms with Gasteiger partial charge < -0.3 is 4.98 Å². The highest BCUT2D eigenvalue weighted by Crippen LogP contribution is 2.22. The molecule has 19 heavy (non-hydrogen) atoms. The van der Waals surface area contributed by atoms with Gasteiger partial charge in [0.2, 0.25) is 0 Å². The summed E-state index contributed by atoms with van der Waals surface area (Å²) in [5.74, 6) is -0.458. The number of nitrogens with zero attached hydrogens (tertiary/aromatic N) is 2. The summed E-state index contributed by atoms with van der Waals surface area (Å²) in [7, 11) is 0. The molecular weight excluding hydrogens is 285 g/mol. The van der Waals surface area contributed by atoms with Crippen LogP contribution in [-0.2, 0) is 0 Å². The number of aromatic amines is 1. The van der Waals surface area contributed by atoms with Crippen LogP contribution in [0.5, 0.6) is 0 Å². The van der Waals surface area contributed by atoms with Gasteiger partial charge in [0, 0.05) is 6.20 Å². The summed E-state index contributed by atoms with van der Waals surface area (Å²) < 4.78 is 15.4. The van der Waals surface area contributed by atoms with E-state index >= 15 is 0 Å². The molecule has 0 fully saturated rings. The minimum Gasteiger partial charge on any atom is -0.329 e. The molecule has 3 rings (SSSR count). The average Bonchev–Trinajstić information content (AvgIpc) is 2.68. The number of rotatable bonds is 1. The molecule has 0 spiro atoms. The van der Waals surface area contributed by atoms with Crippen LogP contribution in [0.3, 0.4) is 0 Å². The van der Waals surface area contributed by atoms with Crippen molar-refractivity contribution in [2.75, 3.05) is 0 Å². The normalized spacial score (nSPS) is 11.1. The zero-order valence-corrected chi connectivity index (χ0v) is 11.5. The Morgan fingerprint density at radius 1 is 1.37 bits per heavy atom. The van der Waals surface area contributed by atoms with Crippen molar-refractivity contribution in [3.63, 3.8) is 0 Å². The van der Waals surface area contributed by atoms with Gasteiger partial charge in [0.05, 0.1) is 16.2 Å². The Balaban J connectivity index is 2.32. The third-order valence-corrected chi connectivity index (χ3v) is 3.40. The average molecular weight is 294 g/mol. The van der Waals surface area contributed by atoms with Gasteiger partial charge in [0.25, 0.3) is 0 Å². The largest absolute Gasteiger partial charge is 0.329 e. The van der Waals surface area contributed by atoms with E-state index in [0.717, 1.165) is 11.1 Å². The number of aryl methyl sites for hydroxylation is 1. The molecule has 3 aromatic rings. The van der Waals surface area contributed by atoms with Crippen molar-refractivity contribution in [2.24, 2.45) is 0 Å². The van der Waals surface area contributed by atoms with E-state index in [4.69, 9.17) is 23.8 Å². The topological polar surface area (TPSA) is 33.6 Å². The lowest BCUT2D eigenvalue weighted by Crippen LogP contribution is -1.96. The summed E-state index contributed by atoms with van der Waals surface area (Å²) in [5.41, 5.74) is 3.25. The van der Waals surface area contributed by atoms with Crippen molar-refractivity contribution >= 4 is 35.0 Å². The van der Waals surface area contributed by atoms with Crippen LogP contribution in [0.4, 0.5) is 4.39 Å². The number of hydrogen-bond donors (Lipinski definition) is 1. The maximum Gasteiger partial charge on any atom is 0.183 e. The number of halogens is 2. The van der Waals surface area contributed by atoms with Crippen molar-refractivity contribution in [2.45, 2.75) is 6.92 Å². The fraction of sp³-hybridized carbons (Fsp3) is 0.0769. The Bertz CT molecular complexity index is 838. The second-order valence-electron chi connectivity index (χ2n) is 4.25. The maximum atomic E-state index is 13.2. The fourth-order valence-electron chi connectivity index (χ4n) is 1.96. The molecule has 0 atom stereocenters. The molecule has 1 aromatic carbocycles. The molecular formula is C13H9ClFN3S. The third kappa shape index (κ3) is 2.05. The van der Waals surface area contributed by atoms with E-state index in [0.29, 0.717) is 16.1 Å². The highest BCUT2D eigenvalue weighted by atomic mass is 35.5. The minimum absolute atomic E-state index is 0.0564. The van der Waals surface area contributed by atoms with E-state index in [1.807, 2.05) is 13.0 Å². The predicted octanol–water partition coefficient (Wildman–Crippen LogP) is 4.18. The minimum atomic E-state index is -0.458. The number of benzene rings is 1. The van der Waals surface area contributed by atoms with Gasteiger partial charge in [0.15, 0.2) is 10.4 Å². The highest BCUT2D eigenvalue weighted by Gasteiger charge is 2.09. The molecule has 0 radical (unpaired) electrons. The van der Waals surface area contributed by atoms with Gasteiger partial charge in [-0.1, -0.05) is 11.6 Å². The van der Waals surface area contributed by atoms with E-state index < -0.39 is 5.82 Å². The highest BCUT2D eigenvalue weighted by molar-refractivity contribution is 7.71. The summed E-state index contributed by atoms with van der Waals surface area (Å²) in [6, 6.07) is 6.42. The van der Waals surface area contributed by atoms with E-state index in [9.17, 15) is 4.39 Å². The van der Waals surface area contributed by atoms with Crippen molar-refractivity contribution in [1.82, 2.24) is 14.5 Å². The lowest BCUT2D eigenvalue weighted by atomic mass is 10.3. The first kappa shape index (κ1) is 12.3. The van der Waals surface area contributed by atoms with E-state index in [1.54, 1.807) is 16.8 Å². The fourth-order valence-corrected chi connectivity index (χ4v) is 2.44. The molecule has 0 unspecified atom stereocenters. The summed E-state index contributed by atoms with van der Waals surface area (Å²) >= 11 is 11.1. The first-order valence-electron chi connectivity index (χ1n) is 5.59. The standard InChI is InChI=1S/C13H9ClFN3S/c1-7-4-11-12(16-6-7)18(13(19)17-11)8-2-3-10(15)9(14)5-8/h2-6H,1H3,(H,17,19). The van der Waals surface area contributed by atoms with Crippen molar-refractivity contribution < 1.29 is 4.39 Å². The number of hydrogen-bond acceptors (Lipinski definition) is 2. The second kappa shape index (κ2) is 4.43. The van der Waals surface area contributed by atoms with Crippen LogP contribution >= 0.6 is 23.8 Å². The summed E-state index contributed by atoms with van der Waals surface area (Å²) in [4.78, 5) is 7.44. The van der Waals surface area contributed by atoms with Crippen LogP contribution in [0, 0.1) is 17.5 Å². The van der Waals surface area contributed by atoms with Gasteiger partial charge in [-0.15, -0.1) is 0 Å². The Morgan fingerprint density at radius 3 is 2.89 bits per heavy atom. The van der Waals surface area contributed by atoms with Gasteiger partial charge in [-0.05, 0) is 49.0 Å². The third-order valence-electron chi connectivity index (χ3n) is 2.82. The Morgan fingerprint density at radius 2 is 2.16 bits per heavy atom. The quantitative estimate of drug-likeness (QED) is 0.683. The van der Waals surface area contributed by atoms with Crippen LogP contribution < -0.4 is 0 Å². The van der Waals surface area contributed by atoms with Gasteiger partial charge in [-0.3, -0.25) is 4.57 Å². The Labute approximate surface area is 118 Å². The van der Waals surface area contributed by atoms with E-state index in [1.165, 1.54) is 12.1 Å². The number of nitrogens with one attached hydrogen (secondary N) is 1. The molecule has 0 amide bonds. The van der Waals surface area contributed by atoms with Crippen LogP contribution in [0.25, 0.3) is 16.9 Å². The number of imidazole rings is 1. The van der Waals surface area contributed by atoms with Gasteiger partial charge in [-0.25, -0.2) is 9.37 Å². The number of aromatic nitrogens is 3. The summed E-state index contributed by atoms with van der Waals surface area (Å²) in [5, 5.41) is 0.0564. The zero-order valence-electron chi connectivity index (χ0n) is 9.95. The molecule has 96 valence electrons. The molecule has 0 aliphatic carbocycles. The second-order valence-corrected chi connectivity index (χ2v) is 5.04. The molecule has 6 heteroatoms. The molecule has 0 bridgehead atoms. The molecule has 2 heterocycles. The zero-order chi connectivity index (χ0) is 13.6. The predicted molar refractivity (Wildman–Crippen MR) is 76.0 cm³/mol. The molecule has 0 aliphatic heterocycles. The van der Waals surface area contributed by atoms with Crippen molar-refractivity contribution in [1.29, 1.82) is 0 Å². The molecule has 0 aliphatic rings. The van der Waals surface area contributed by atoms with Crippen molar-refractivity contribution in [3.8, 4) is 5.69 Å². The Kier molecular flexibility index (Phi) is 2.88. The number of H-pyrrole nitrogens is 1. The SMILES string of the molecule is Cc1cnc2c(c1)[nH]c(=S)n2-c1ccc(F)c(Cl)c1. The lowest BCUT2D eigenvalue weighted by Gasteiger charge is -2.05. The molecule has 0 saturated heterocycles. The monoisotopic (exact) mass is 293 g/mol. The van der Waals surface area contributed by atoms with Crippen LogP contribution in [0.15, 0.2) is 30.5 Å². The first-order chi connectivity index (χ1) is 9.06. The molecule has 3 nitrogen and oxygen atoms in total. The summed E-state index contributed by atoms with van der Waals surface area (Å²) in [6.07, 6.45) is 1.76. The lowest BCUT2D eigenvalue weighted by molar-refractivity contribution is 0.628. The number of pyridine rings is 1. The maximum absolute atomic E-state index is 13.2. The molecule has 1 N–H and O–H groups in total. The first-order valence-corrected chi connectivity index (χ1v) is 6.37. The van der Waals surface area contributed by atoms with E-state index in [2.05, 4.69) is 9.97 Å². The molecule has 0 saturated carbocycles. The Hall–Kier alpha value is -1.72.